The minimum Gasteiger partial charge on any atom is -0.380 e. The van der Waals surface area contributed by atoms with E-state index in [9.17, 15) is 9.59 Å². The van der Waals surface area contributed by atoms with E-state index in [4.69, 9.17) is 4.74 Å². The van der Waals surface area contributed by atoms with Gasteiger partial charge < -0.3 is 9.64 Å². The van der Waals surface area contributed by atoms with Gasteiger partial charge in [-0.2, -0.15) is 0 Å². The predicted octanol–water partition coefficient (Wildman–Crippen LogP) is 1.80. The molecule has 2 aliphatic rings. The van der Waals surface area contributed by atoms with E-state index in [0.29, 0.717) is 18.7 Å². The lowest BCUT2D eigenvalue weighted by atomic mass is 10.1. The molecule has 0 spiro atoms. The van der Waals surface area contributed by atoms with Crippen molar-refractivity contribution in [1.29, 1.82) is 0 Å². The normalized spacial score (nSPS) is 25.5. The number of anilines is 1. The van der Waals surface area contributed by atoms with Gasteiger partial charge in [0.05, 0.1) is 11.8 Å². The molecular weight excluding hydrogens is 256 g/mol. The van der Waals surface area contributed by atoms with Crippen LogP contribution in [-0.4, -0.2) is 42.6 Å². The summed E-state index contributed by atoms with van der Waals surface area (Å²) >= 11 is 0. The van der Waals surface area contributed by atoms with Crippen LogP contribution in [0.1, 0.15) is 18.9 Å². The summed E-state index contributed by atoms with van der Waals surface area (Å²) in [5, 5.41) is 0. The third-order valence-corrected chi connectivity index (χ3v) is 4.15. The molecule has 2 unspecified atom stereocenters. The smallest absolute Gasteiger partial charge is 0.332 e. The molecule has 3 rings (SSSR count). The molecule has 0 aromatic heterocycles. The van der Waals surface area contributed by atoms with Crippen molar-refractivity contribution in [3.63, 3.8) is 0 Å². The topological polar surface area (TPSA) is 49.9 Å². The fourth-order valence-corrected chi connectivity index (χ4v) is 3.04. The zero-order valence-electron chi connectivity index (χ0n) is 11.7. The number of benzene rings is 1. The summed E-state index contributed by atoms with van der Waals surface area (Å²) in [6, 6.07) is 6.99. The Morgan fingerprint density at radius 1 is 1.30 bits per heavy atom. The zero-order chi connectivity index (χ0) is 14.3. The van der Waals surface area contributed by atoms with Gasteiger partial charge in [-0.15, -0.1) is 0 Å². The number of ether oxygens (including phenoxy) is 1. The number of fused-ring (bicyclic) bond motifs is 1. The molecule has 5 heteroatoms. The number of carbonyl (C=O) groups is 2. The summed E-state index contributed by atoms with van der Waals surface area (Å²) in [5.41, 5.74) is 1.73. The van der Waals surface area contributed by atoms with Gasteiger partial charge in [-0.1, -0.05) is 25.1 Å². The first-order chi connectivity index (χ1) is 9.67. The second kappa shape index (κ2) is 4.90. The van der Waals surface area contributed by atoms with Crippen molar-refractivity contribution >= 4 is 17.6 Å². The average molecular weight is 274 g/mol. The van der Waals surface area contributed by atoms with Crippen LogP contribution in [0.25, 0.3) is 0 Å². The number of methoxy groups -OCH3 is 1. The van der Waals surface area contributed by atoms with Crippen LogP contribution in [0.15, 0.2) is 24.3 Å². The lowest BCUT2D eigenvalue weighted by Gasteiger charge is -2.19. The maximum atomic E-state index is 12.5. The van der Waals surface area contributed by atoms with Gasteiger partial charge in [-0.05, 0) is 18.1 Å². The average Bonchev–Trinajstić information content (AvgIpc) is 3.00. The summed E-state index contributed by atoms with van der Waals surface area (Å²) in [4.78, 5) is 28.0. The van der Waals surface area contributed by atoms with Gasteiger partial charge in [0.1, 0.15) is 6.04 Å². The van der Waals surface area contributed by atoms with Crippen molar-refractivity contribution in [2.75, 3.05) is 18.6 Å². The van der Waals surface area contributed by atoms with Gasteiger partial charge >= 0.3 is 6.03 Å². The fraction of sp³-hybridized carbons (Fsp3) is 0.467. The fourth-order valence-electron chi connectivity index (χ4n) is 3.04. The maximum Gasteiger partial charge on any atom is 0.332 e. The van der Waals surface area contributed by atoms with Crippen molar-refractivity contribution < 1.29 is 14.3 Å². The van der Waals surface area contributed by atoms with Crippen molar-refractivity contribution in [1.82, 2.24) is 4.90 Å². The molecule has 2 fully saturated rings. The Kier molecular flexibility index (Phi) is 3.22. The molecule has 2 saturated heterocycles. The quantitative estimate of drug-likeness (QED) is 0.790. The van der Waals surface area contributed by atoms with E-state index >= 15 is 0 Å². The number of aryl methyl sites for hydroxylation is 1. The number of para-hydroxylation sites is 1. The largest absolute Gasteiger partial charge is 0.380 e. The van der Waals surface area contributed by atoms with Crippen LogP contribution in [0.5, 0.6) is 0 Å². The molecule has 106 valence electrons. The molecule has 0 bridgehead atoms. The molecule has 0 aliphatic carbocycles. The van der Waals surface area contributed by atoms with Crippen LogP contribution in [0.2, 0.25) is 0 Å². The zero-order valence-corrected chi connectivity index (χ0v) is 11.7. The van der Waals surface area contributed by atoms with Crippen molar-refractivity contribution in [3.05, 3.63) is 29.8 Å². The molecule has 2 heterocycles. The SMILES string of the molecule is CCc1ccccc1N1C(=O)C2CC(OC)CN2C1=O. The van der Waals surface area contributed by atoms with E-state index in [1.807, 2.05) is 31.2 Å². The number of nitrogens with zero attached hydrogens (tertiary/aromatic N) is 2. The monoisotopic (exact) mass is 274 g/mol. The van der Waals surface area contributed by atoms with E-state index < -0.39 is 0 Å². The van der Waals surface area contributed by atoms with Gasteiger partial charge in [-0.3, -0.25) is 4.79 Å². The van der Waals surface area contributed by atoms with Crippen LogP contribution in [0, 0.1) is 0 Å². The summed E-state index contributed by atoms with van der Waals surface area (Å²) in [6.45, 7) is 2.52. The van der Waals surface area contributed by atoms with Crippen LogP contribution in [0.3, 0.4) is 0 Å². The third kappa shape index (κ3) is 1.81. The highest BCUT2D eigenvalue weighted by Gasteiger charge is 2.51. The molecule has 5 nitrogen and oxygen atoms in total. The van der Waals surface area contributed by atoms with E-state index in [0.717, 1.165) is 12.0 Å². The maximum absolute atomic E-state index is 12.5. The Labute approximate surface area is 118 Å². The van der Waals surface area contributed by atoms with Crippen LogP contribution >= 0.6 is 0 Å². The molecule has 1 aromatic rings. The molecule has 3 amide bonds. The van der Waals surface area contributed by atoms with Gasteiger partial charge in [0, 0.05) is 20.1 Å². The summed E-state index contributed by atoms with van der Waals surface area (Å²) in [6.07, 6.45) is 1.35. The van der Waals surface area contributed by atoms with Gasteiger partial charge in [-0.25, -0.2) is 9.69 Å². The minimum absolute atomic E-state index is 0.0310. The van der Waals surface area contributed by atoms with Gasteiger partial charge in [0.15, 0.2) is 0 Å². The number of hydrogen-bond donors (Lipinski definition) is 0. The number of urea groups is 1. The Morgan fingerprint density at radius 3 is 2.70 bits per heavy atom. The number of imide groups is 1. The third-order valence-electron chi connectivity index (χ3n) is 4.15. The highest BCUT2D eigenvalue weighted by molar-refractivity contribution is 6.22. The van der Waals surface area contributed by atoms with E-state index in [1.54, 1.807) is 12.0 Å². The van der Waals surface area contributed by atoms with Crippen molar-refractivity contribution in [3.8, 4) is 0 Å². The second-order valence-electron chi connectivity index (χ2n) is 5.20. The standard InChI is InChI=1S/C15H18N2O3/c1-3-10-6-4-5-7-12(10)17-14(18)13-8-11(20-2)9-16(13)15(17)19/h4-7,11,13H,3,8-9H2,1-2H3. The first-order valence-corrected chi connectivity index (χ1v) is 6.92. The number of amides is 3. The molecule has 1 aromatic carbocycles. The molecule has 0 saturated carbocycles. The van der Waals surface area contributed by atoms with Crippen LogP contribution < -0.4 is 4.90 Å². The second-order valence-corrected chi connectivity index (χ2v) is 5.20. The summed E-state index contributed by atoms with van der Waals surface area (Å²) < 4.78 is 5.27. The summed E-state index contributed by atoms with van der Waals surface area (Å²) in [7, 11) is 1.62. The van der Waals surface area contributed by atoms with E-state index in [2.05, 4.69) is 0 Å². The van der Waals surface area contributed by atoms with E-state index in [1.165, 1.54) is 4.90 Å². The van der Waals surface area contributed by atoms with Crippen molar-refractivity contribution in [2.24, 2.45) is 0 Å². The summed E-state index contributed by atoms with van der Waals surface area (Å²) in [5.74, 6) is -0.129. The number of hydrogen-bond acceptors (Lipinski definition) is 3. The Morgan fingerprint density at radius 2 is 2.05 bits per heavy atom. The Hall–Kier alpha value is -1.88. The molecule has 2 atom stereocenters. The minimum atomic E-state index is -0.364. The molecule has 20 heavy (non-hydrogen) atoms. The predicted molar refractivity (Wildman–Crippen MR) is 74.6 cm³/mol. The number of carbonyl (C=O) groups excluding carboxylic acids is 2. The van der Waals surface area contributed by atoms with Crippen LogP contribution in [-0.2, 0) is 16.0 Å². The highest BCUT2D eigenvalue weighted by Crippen LogP contribution is 2.33. The van der Waals surface area contributed by atoms with E-state index in [-0.39, 0.29) is 24.1 Å². The number of rotatable bonds is 3. The van der Waals surface area contributed by atoms with Gasteiger partial charge in [0.25, 0.3) is 5.91 Å². The first kappa shape index (κ1) is 13.1. The lowest BCUT2D eigenvalue weighted by molar-refractivity contribution is -0.119. The van der Waals surface area contributed by atoms with Gasteiger partial charge in [0.2, 0.25) is 0 Å². The first-order valence-electron chi connectivity index (χ1n) is 6.92. The molecule has 2 aliphatic heterocycles. The Bertz CT molecular complexity index is 534. The molecular formula is C15H18N2O3. The highest BCUT2D eigenvalue weighted by atomic mass is 16.5. The molecule has 0 radical (unpaired) electrons. The Balaban J connectivity index is 1.94. The lowest BCUT2D eigenvalue weighted by Crippen LogP contribution is -2.35. The van der Waals surface area contributed by atoms with Crippen LogP contribution in [0.4, 0.5) is 10.5 Å². The van der Waals surface area contributed by atoms with Crippen molar-refractivity contribution in [2.45, 2.75) is 31.9 Å². The molecule has 0 N–H and O–H groups in total.